The molecule has 0 aromatic carbocycles. The van der Waals surface area contributed by atoms with Crippen molar-refractivity contribution in [2.24, 2.45) is 0 Å². The molecule has 0 amide bonds. The predicted octanol–water partition coefficient (Wildman–Crippen LogP) is 1.35. The van der Waals surface area contributed by atoms with Crippen molar-refractivity contribution in [1.29, 1.82) is 0 Å². The minimum atomic E-state index is -3.63. The van der Waals surface area contributed by atoms with E-state index in [1.807, 2.05) is 0 Å². The zero-order valence-corrected chi connectivity index (χ0v) is 10.0. The van der Waals surface area contributed by atoms with Crippen LogP contribution >= 0.6 is 7.60 Å². The Morgan fingerprint density at radius 1 is 1.33 bits per heavy atom. The van der Waals surface area contributed by atoms with Gasteiger partial charge in [0, 0.05) is 7.11 Å². The first kappa shape index (κ1) is 14.6. The van der Waals surface area contributed by atoms with E-state index < -0.39 is 19.2 Å². The van der Waals surface area contributed by atoms with Gasteiger partial charge in [-0.15, -0.1) is 0 Å². The van der Waals surface area contributed by atoms with E-state index >= 15 is 0 Å². The van der Waals surface area contributed by atoms with Crippen LogP contribution in [0.4, 0.5) is 0 Å². The van der Waals surface area contributed by atoms with Crippen LogP contribution < -0.4 is 0 Å². The van der Waals surface area contributed by atoms with Crippen LogP contribution in [0, 0.1) is 0 Å². The Hall–Kier alpha value is -0.420. The van der Waals surface area contributed by atoms with Crippen molar-refractivity contribution in [3.63, 3.8) is 0 Å². The Bertz CT molecular complexity index is 231. The second-order valence-electron chi connectivity index (χ2n) is 2.68. The number of hydrogen-bond donors (Lipinski definition) is 1. The summed E-state index contributed by atoms with van der Waals surface area (Å²) in [6.07, 6.45) is 0. The van der Waals surface area contributed by atoms with Crippen molar-refractivity contribution in [1.82, 2.24) is 0 Å². The van der Waals surface area contributed by atoms with Crippen LogP contribution in [-0.4, -0.2) is 43.7 Å². The van der Waals surface area contributed by atoms with Gasteiger partial charge < -0.3 is 18.9 Å². The van der Waals surface area contributed by atoms with E-state index in [0.29, 0.717) is 0 Å². The van der Waals surface area contributed by atoms with Crippen LogP contribution in [0.25, 0.3) is 0 Å². The van der Waals surface area contributed by atoms with E-state index in [-0.39, 0.29) is 19.8 Å². The molecule has 0 aromatic rings. The van der Waals surface area contributed by atoms with Crippen LogP contribution in [0.1, 0.15) is 13.8 Å². The Labute approximate surface area is 89.1 Å². The first-order chi connectivity index (χ1) is 7.01. The molecule has 0 saturated heterocycles. The van der Waals surface area contributed by atoms with Crippen molar-refractivity contribution >= 4 is 13.6 Å². The van der Waals surface area contributed by atoms with E-state index in [0.717, 1.165) is 0 Å². The maximum absolute atomic E-state index is 12.0. The second-order valence-corrected chi connectivity index (χ2v) is 4.90. The summed E-state index contributed by atoms with van der Waals surface area (Å²) in [6.45, 7) is 3.30. The van der Waals surface area contributed by atoms with Crippen molar-refractivity contribution in [3.05, 3.63) is 0 Å². The van der Waals surface area contributed by atoms with Gasteiger partial charge in [-0.1, -0.05) is 0 Å². The Balaban J connectivity index is 4.81. The Morgan fingerprint density at radius 3 is 2.07 bits per heavy atom. The van der Waals surface area contributed by atoms with Crippen molar-refractivity contribution in [3.8, 4) is 0 Å². The van der Waals surface area contributed by atoms with Gasteiger partial charge in [-0.2, -0.15) is 0 Å². The lowest BCUT2D eigenvalue weighted by atomic mass is 10.5. The molecule has 0 aliphatic heterocycles. The summed E-state index contributed by atoms with van der Waals surface area (Å²) in [5.41, 5.74) is -1.28. The maximum atomic E-state index is 12.0. The third-order valence-corrected chi connectivity index (χ3v) is 3.98. The second kappa shape index (κ2) is 6.95. The molecule has 0 fully saturated rings. The lowest BCUT2D eigenvalue weighted by Gasteiger charge is -2.22. The number of carboxylic acids is 1. The van der Waals surface area contributed by atoms with Gasteiger partial charge in [0.05, 0.1) is 19.8 Å². The van der Waals surface area contributed by atoms with Crippen LogP contribution in [-0.2, 0) is 23.1 Å². The van der Waals surface area contributed by atoms with Crippen LogP contribution in [0.3, 0.4) is 0 Å². The molecule has 90 valence electrons. The summed E-state index contributed by atoms with van der Waals surface area (Å²) in [6, 6.07) is 0. The topological polar surface area (TPSA) is 82.1 Å². The van der Waals surface area contributed by atoms with E-state index in [1.165, 1.54) is 7.11 Å². The fourth-order valence-electron chi connectivity index (χ4n) is 1.03. The van der Waals surface area contributed by atoms with Crippen molar-refractivity contribution < 1.29 is 28.3 Å². The molecule has 1 N–H and O–H groups in total. The standard InChI is InChI=1S/C8H17O6P/c1-4-13-15(11,14-5-2)7(6-12-3)8(9)10/h7H,4-6H2,1-3H3,(H,9,10). The normalized spacial score (nSPS) is 13.8. The highest BCUT2D eigenvalue weighted by Gasteiger charge is 2.41. The van der Waals surface area contributed by atoms with Gasteiger partial charge in [-0.3, -0.25) is 9.36 Å². The number of aliphatic carboxylic acids is 1. The lowest BCUT2D eigenvalue weighted by molar-refractivity contribution is -0.138. The molecule has 0 aliphatic carbocycles. The molecule has 0 bridgehead atoms. The average molecular weight is 240 g/mol. The Morgan fingerprint density at radius 2 is 1.80 bits per heavy atom. The summed E-state index contributed by atoms with van der Waals surface area (Å²) in [7, 11) is -2.30. The van der Waals surface area contributed by atoms with Crippen LogP contribution in [0.2, 0.25) is 0 Å². The molecule has 0 rings (SSSR count). The number of carboxylic acid groups (broad SMARTS) is 1. The highest BCUT2D eigenvalue weighted by molar-refractivity contribution is 7.55. The molecule has 6 nitrogen and oxygen atoms in total. The lowest BCUT2D eigenvalue weighted by Crippen LogP contribution is -2.27. The summed E-state index contributed by atoms with van der Waals surface area (Å²) in [5, 5.41) is 8.88. The van der Waals surface area contributed by atoms with Crippen molar-refractivity contribution in [2.45, 2.75) is 19.5 Å². The molecular weight excluding hydrogens is 223 g/mol. The minimum absolute atomic E-state index is 0.130. The quantitative estimate of drug-likeness (QED) is 0.645. The fraction of sp³-hybridized carbons (Fsp3) is 0.875. The summed E-state index contributed by atoms with van der Waals surface area (Å²) in [4.78, 5) is 10.9. The third-order valence-electron chi connectivity index (χ3n) is 1.61. The summed E-state index contributed by atoms with van der Waals surface area (Å²) >= 11 is 0. The molecule has 1 atom stereocenters. The van der Waals surface area contributed by atoms with Gasteiger partial charge in [-0.25, -0.2) is 0 Å². The smallest absolute Gasteiger partial charge is 0.347 e. The summed E-state index contributed by atoms with van der Waals surface area (Å²) in [5.74, 6) is -1.25. The molecule has 15 heavy (non-hydrogen) atoms. The molecule has 0 aromatic heterocycles. The number of rotatable bonds is 8. The van der Waals surface area contributed by atoms with Gasteiger partial charge in [0.15, 0.2) is 5.66 Å². The van der Waals surface area contributed by atoms with Crippen LogP contribution in [0.15, 0.2) is 0 Å². The average Bonchev–Trinajstić information content (AvgIpc) is 2.14. The van der Waals surface area contributed by atoms with Gasteiger partial charge in [0.1, 0.15) is 0 Å². The van der Waals surface area contributed by atoms with Gasteiger partial charge >= 0.3 is 13.6 Å². The highest BCUT2D eigenvalue weighted by Crippen LogP contribution is 2.53. The Kier molecular flexibility index (Phi) is 6.76. The molecule has 0 saturated carbocycles. The molecule has 0 heterocycles. The SMILES string of the molecule is CCOP(=O)(OCC)C(COC)C(=O)O. The number of methoxy groups -OCH3 is 1. The van der Waals surface area contributed by atoms with Gasteiger partial charge in [-0.05, 0) is 13.8 Å². The minimum Gasteiger partial charge on any atom is -0.480 e. The predicted molar refractivity (Wildman–Crippen MR) is 54.2 cm³/mol. The zero-order valence-electron chi connectivity index (χ0n) is 9.13. The maximum Gasteiger partial charge on any atom is 0.347 e. The first-order valence-electron chi connectivity index (χ1n) is 4.62. The molecule has 0 radical (unpaired) electrons. The highest BCUT2D eigenvalue weighted by atomic mass is 31.2. The van der Waals surface area contributed by atoms with E-state index in [1.54, 1.807) is 13.8 Å². The number of ether oxygens (including phenoxy) is 1. The van der Waals surface area contributed by atoms with Crippen LogP contribution in [0.5, 0.6) is 0 Å². The number of carbonyl (C=O) groups is 1. The van der Waals surface area contributed by atoms with E-state index in [9.17, 15) is 9.36 Å². The largest absolute Gasteiger partial charge is 0.480 e. The van der Waals surface area contributed by atoms with Gasteiger partial charge in [0.25, 0.3) is 0 Å². The molecule has 7 heteroatoms. The fourth-order valence-corrected chi connectivity index (χ4v) is 2.79. The first-order valence-corrected chi connectivity index (χ1v) is 6.23. The monoisotopic (exact) mass is 240 g/mol. The molecule has 0 spiro atoms. The third kappa shape index (κ3) is 4.30. The summed E-state index contributed by atoms with van der Waals surface area (Å²) < 4.78 is 26.6. The molecule has 0 aliphatic rings. The molecular formula is C8H17O6P. The van der Waals surface area contributed by atoms with Crippen molar-refractivity contribution in [2.75, 3.05) is 26.9 Å². The molecule has 1 unspecified atom stereocenters. The van der Waals surface area contributed by atoms with E-state index in [4.69, 9.17) is 18.9 Å². The zero-order chi connectivity index (χ0) is 11.9. The van der Waals surface area contributed by atoms with E-state index in [2.05, 4.69) is 0 Å². The van der Waals surface area contributed by atoms with Gasteiger partial charge in [0.2, 0.25) is 0 Å². The number of hydrogen-bond acceptors (Lipinski definition) is 5.